The third kappa shape index (κ3) is 5.00. The molecular formula is C24H19ClFN3O2S. The Labute approximate surface area is 193 Å². The topological polar surface area (TPSA) is 64.0 Å². The minimum atomic E-state index is -0.327. The number of aryl methyl sites for hydroxylation is 1. The number of nitrogens with one attached hydrogen (secondary N) is 1. The van der Waals surface area contributed by atoms with Crippen molar-refractivity contribution >= 4 is 40.2 Å². The molecule has 0 saturated heterocycles. The van der Waals surface area contributed by atoms with Crippen LogP contribution in [0.25, 0.3) is 16.6 Å². The summed E-state index contributed by atoms with van der Waals surface area (Å²) in [6.45, 7) is 2.23. The van der Waals surface area contributed by atoms with Crippen molar-refractivity contribution in [2.45, 2.75) is 18.6 Å². The Kier molecular flexibility index (Phi) is 6.58. The van der Waals surface area contributed by atoms with Crippen molar-refractivity contribution in [1.29, 1.82) is 0 Å². The van der Waals surface area contributed by atoms with E-state index >= 15 is 0 Å². The van der Waals surface area contributed by atoms with Gasteiger partial charge in [0.2, 0.25) is 5.91 Å². The molecule has 0 aliphatic carbocycles. The van der Waals surface area contributed by atoms with Crippen LogP contribution >= 0.6 is 23.4 Å². The molecule has 0 spiro atoms. The number of fused-ring (bicyclic) bond motifs is 1. The molecule has 162 valence electrons. The molecular weight excluding hydrogens is 449 g/mol. The van der Waals surface area contributed by atoms with Gasteiger partial charge in [0, 0.05) is 11.6 Å². The van der Waals surface area contributed by atoms with Crippen LogP contribution in [0.4, 0.5) is 4.39 Å². The summed E-state index contributed by atoms with van der Waals surface area (Å²) in [5.41, 5.74) is 2.71. The molecule has 0 fully saturated rings. The summed E-state index contributed by atoms with van der Waals surface area (Å²) in [5.74, 6) is -0.492. The molecule has 1 amide bonds. The van der Waals surface area contributed by atoms with Gasteiger partial charge in [-0.05, 0) is 60.5 Å². The van der Waals surface area contributed by atoms with Crippen LogP contribution in [0.3, 0.4) is 0 Å². The van der Waals surface area contributed by atoms with E-state index in [0.717, 1.165) is 11.1 Å². The molecule has 0 bridgehead atoms. The Hall–Kier alpha value is -3.16. The zero-order valence-electron chi connectivity index (χ0n) is 17.1. The molecule has 8 heteroatoms. The van der Waals surface area contributed by atoms with Crippen LogP contribution in [0, 0.1) is 12.7 Å². The van der Waals surface area contributed by atoms with Crippen LogP contribution in [0.1, 0.15) is 11.1 Å². The second-order valence-electron chi connectivity index (χ2n) is 7.23. The lowest BCUT2D eigenvalue weighted by atomic mass is 10.2. The second kappa shape index (κ2) is 9.54. The Morgan fingerprint density at radius 2 is 1.91 bits per heavy atom. The number of amides is 1. The number of rotatable bonds is 6. The summed E-state index contributed by atoms with van der Waals surface area (Å²) >= 11 is 7.26. The first-order chi connectivity index (χ1) is 15.4. The molecule has 1 aromatic heterocycles. The highest BCUT2D eigenvalue weighted by Gasteiger charge is 2.15. The first-order valence-corrected chi connectivity index (χ1v) is 11.2. The number of thioether (sulfide) groups is 1. The van der Waals surface area contributed by atoms with Crippen LogP contribution < -0.4 is 10.9 Å². The number of nitrogens with zero attached hydrogens (tertiary/aromatic N) is 2. The maximum Gasteiger partial charge on any atom is 0.266 e. The van der Waals surface area contributed by atoms with Gasteiger partial charge in [-0.1, -0.05) is 47.6 Å². The van der Waals surface area contributed by atoms with Gasteiger partial charge in [-0.25, -0.2) is 9.37 Å². The highest BCUT2D eigenvalue weighted by molar-refractivity contribution is 7.99. The zero-order chi connectivity index (χ0) is 22.7. The van der Waals surface area contributed by atoms with Crippen molar-refractivity contribution in [2.75, 3.05) is 5.75 Å². The van der Waals surface area contributed by atoms with Crippen LogP contribution in [-0.4, -0.2) is 21.2 Å². The molecule has 4 rings (SSSR count). The monoisotopic (exact) mass is 467 g/mol. The van der Waals surface area contributed by atoms with Crippen molar-refractivity contribution < 1.29 is 9.18 Å². The first kappa shape index (κ1) is 22.0. The summed E-state index contributed by atoms with van der Waals surface area (Å²) in [6.07, 6.45) is 0. The van der Waals surface area contributed by atoms with Gasteiger partial charge in [0.1, 0.15) is 5.82 Å². The maximum atomic E-state index is 13.3. The van der Waals surface area contributed by atoms with Crippen LogP contribution in [-0.2, 0) is 11.3 Å². The second-order valence-corrected chi connectivity index (χ2v) is 8.61. The lowest BCUT2D eigenvalue weighted by Gasteiger charge is -2.14. The summed E-state index contributed by atoms with van der Waals surface area (Å²) in [4.78, 5) is 30.3. The minimum absolute atomic E-state index is 0.0610. The minimum Gasteiger partial charge on any atom is -0.351 e. The molecule has 0 aliphatic heterocycles. The standard InChI is InChI=1S/C24H19ClFN3O2S/c1-15-3-2-4-19(11-15)29-23(31)20-10-7-17(25)12-21(20)28-24(29)32-14-22(30)27-13-16-5-8-18(26)9-6-16/h2-12H,13-14H2,1H3,(H,27,30). The van der Waals surface area contributed by atoms with Crippen LogP contribution in [0.5, 0.6) is 0 Å². The van der Waals surface area contributed by atoms with E-state index in [1.54, 1.807) is 30.3 Å². The van der Waals surface area contributed by atoms with Crippen LogP contribution in [0.2, 0.25) is 5.02 Å². The van der Waals surface area contributed by atoms with Gasteiger partial charge in [-0.2, -0.15) is 0 Å². The number of benzene rings is 3. The van der Waals surface area contributed by atoms with Crippen molar-refractivity contribution in [2.24, 2.45) is 0 Å². The summed E-state index contributed by atoms with van der Waals surface area (Å²) < 4.78 is 14.5. The SMILES string of the molecule is Cc1cccc(-n2c(SCC(=O)NCc3ccc(F)cc3)nc3cc(Cl)ccc3c2=O)c1. The van der Waals surface area contributed by atoms with E-state index in [2.05, 4.69) is 10.3 Å². The smallest absolute Gasteiger partial charge is 0.266 e. The van der Waals surface area contributed by atoms with Crippen LogP contribution in [0.15, 0.2) is 76.7 Å². The number of carbonyl (C=O) groups excluding carboxylic acids is 1. The van der Waals surface area contributed by atoms with E-state index in [1.807, 2.05) is 31.2 Å². The first-order valence-electron chi connectivity index (χ1n) is 9.84. The average molecular weight is 468 g/mol. The van der Waals surface area contributed by atoms with Gasteiger partial charge >= 0.3 is 0 Å². The third-order valence-electron chi connectivity index (χ3n) is 4.80. The number of halogens is 2. The molecule has 0 aliphatic rings. The van der Waals surface area contributed by atoms with Gasteiger partial charge in [-0.3, -0.25) is 14.2 Å². The van der Waals surface area contributed by atoms with Crippen molar-refractivity contribution in [3.63, 3.8) is 0 Å². The molecule has 3 aromatic carbocycles. The summed E-state index contributed by atoms with van der Waals surface area (Å²) in [7, 11) is 0. The predicted molar refractivity (Wildman–Crippen MR) is 126 cm³/mol. The number of hydrogen-bond acceptors (Lipinski definition) is 4. The van der Waals surface area contributed by atoms with Gasteiger partial charge in [0.05, 0.1) is 22.3 Å². The van der Waals surface area contributed by atoms with Crippen molar-refractivity contribution in [1.82, 2.24) is 14.9 Å². The van der Waals surface area contributed by atoms with E-state index in [-0.39, 0.29) is 29.6 Å². The Morgan fingerprint density at radius 1 is 1.12 bits per heavy atom. The summed E-state index contributed by atoms with van der Waals surface area (Å²) in [5, 5.41) is 4.12. The normalized spacial score (nSPS) is 11.0. The van der Waals surface area contributed by atoms with Crippen molar-refractivity contribution in [3.8, 4) is 5.69 Å². The Balaban J connectivity index is 1.61. The number of hydrogen-bond donors (Lipinski definition) is 1. The molecule has 0 unspecified atom stereocenters. The summed E-state index contributed by atoms with van der Waals surface area (Å²) in [6, 6.07) is 18.4. The van der Waals surface area contributed by atoms with Gasteiger partial charge < -0.3 is 5.32 Å². The van der Waals surface area contributed by atoms with E-state index in [4.69, 9.17) is 11.6 Å². The molecule has 0 radical (unpaired) electrons. The van der Waals surface area contributed by atoms with Gasteiger partial charge in [0.25, 0.3) is 5.56 Å². The van der Waals surface area contributed by atoms with Gasteiger partial charge in [0.15, 0.2) is 5.16 Å². The van der Waals surface area contributed by atoms with E-state index < -0.39 is 0 Å². The molecule has 1 heterocycles. The molecule has 32 heavy (non-hydrogen) atoms. The predicted octanol–water partition coefficient (Wildman–Crippen LogP) is 4.90. The fourth-order valence-electron chi connectivity index (χ4n) is 3.21. The Morgan fingerprint density at radius 3 is 2.66 bits per heavy atom. The van der Waals surface area contributed by atoms with Crippen molar-refractivity contribution in [3.05, 3.63) is 99.1 Å². The van der Waals surface area contributed by atoms with E-state index in [0.29, 0.717) is 26.8 Å². The molecule has 0 atom stereocenters. The lowest BCUT2D eigenvalue weighted by molar-refractivity contribution is -0.118. The zero-order valence-corrected chi connectivity index (χ0v) is 18.7. The maximum absolute atomic E-state index is 13.3. The van der Waals surface area contributed by atoms with E-state index in [1.165, 1.54) is 28.5 Å². The van der Waals surface area contributed by atoms with E-state index in [9.17, 15) is 14.0 Å². The molecule has 0 saturated carbocycles. The number of aromatic nitrogens is 2. The lowest BCUT2D eigenvalue weighted by Crippen LogP contribution is -2.26. The third-order valence-corrected chi connectivity index (χ3v) is 5.97. The highest BCUT2D eigenvalue weighted by Crippen LogP contribution is 2.23. The molecule has 4 aromatic rings. The number of carbonyl (C=O) groups is 1. The molecule has 1 N–H and O–H groups in total. The fourth-order valence-corrected chi connectivity index (χ4v) is 4.22. The average Bonchev–Trinajstić information content (AvgIpc) is 2.77. The Bertz CT molecular complexity index is 1360. The largest absolute Gasteiger partial charge is 0.351 e. The van der Waals surface area contributed by atoms with Gasteiger partial charge in [-0.15, -0.1) is 0 Å². The highest BCUT2D eigenvalue weighted by atomic mass is 35.5. The fraction of sp³-hybridized carbons (Fsp3) is 0.125. The quantitative estimate of drug-likeness (QED) is 0.324. The molecule has 5 nitrogen and oxygen atoms in total.